The molecule has 0 spiro atoms. The molecule has 0 radical (unpaired) electrons. The number of rotatable bonds is 5. The molecule has 0 aliphatic heterocycles. The second-order valence-corrected chi connectivity index (χ2v) is 6.82. The maximum absolute atomic E-state index is 10.0. The number of aryl methyl sites for hydroxylation is 2. The SMILES string of the molecule is Cc1cc(C)cc(-c2onc(-c3cccc(Oc4ccccc4)c3)c2CO)c1. The monoisotopic (exact) mass is 371 g/mol. The van der Waals surface area contributed by atoms with E-state index in [2.05, 4.69) is 11.2 Å². The molecule has 28 heavy (non-hydrogen) atoms. The molecule has 1 heterocycles. The van der Waals surface area contributed by atoms with Crippen LogP contribution in [0.4, 0.5) is 0 Å². The van der Waals surface area contributed by atoms with Crippen molar-refractivity contribution in [3.05, 3.63) is 89.5 Å². The lowest BCUT2D eigenvalue weighted by Crippen LogP contribution is -1.91. The van der Waals surface area contributed by atoms with Crippen LogP contribution in [0, 0.1) is 13.8 Å². The first-order valence-corrected chi connectivity index (χ1v) is 9.15. The molecule has 0 aliphatic carbocycles. The molecule has 3 aromatic carbocycles. The number of aliphatic hydroxyl groups is 1. The van der Waals surface area contributed by atoms with Crippen LogP contribution in [-0.4, -0.2) is 10.3 Å². The Balaban J connectivity index is 1.72. The molecule has 0 amide bonds. The highest BCUT2D eigenvalue weighted by atomic mass is 16.5. The Kier molecular flexibility index (Phi) is 4.96. The van der Waals surface area contributed by atoms with Gasteiger partial charge in [-0.05, 0) is 50.2 Å². The lowest BCUT2D eigenvalue weighted by atomic mass is 10.00. The van der Waals surface area contributed by atoms with E-state index in [4.69, 9.17) is 9.26 Å². The van der Waals surface area contributed by atoms with E-state index < -0.39 is 0 Å². The first-order chi connectivity index (χ1) is 13.6. The molecule has 4 aromatic rings. The first-order valence-electron chi connectivity index (χ1n) is 9.15. The minimum Gasteiger partial charge on any atom is -0.457 e. The lowest BCUT2D eigenvalue weighted by molar-refractivity contribution is 0.281. The predicted molar refractivity (Wildman–Crippen MR) is 109 cm³/mol. The molecule has 1 N–H and O–H groups in total. The summed E-state index contributed by atoms with van der Waals surface area (Å²) in [5.74, 6) is 2.06. The number of hydrogen-bond acceptors (Lipinski definition) is 4. The molecular weight excluding hydrogens is 350 g/mol. The molecule has 0 atom stereocenters. The molecule has 4 nitrogen and oxygen atoms in total. The van der Waals surface area contributed by atoms with Crippen molar-refractivity contribution in [1.29, 1.82) is 0 Å². The van der Waals surface area contributed by atoms with Gasteiger partial charge in [-0.3, -0.25) is 0 Å². The van der Waals surface area contributed by atoms with Crippen molar-refractivity contribution in [1.82, 2.24) is 5.16 Å². The molecule has 4 heteroatoms. The molecular formula is C24H21NO3. The Bertz CT molecular complexity index is 1080. The van der Waals surface area contributed by atoms with E-state index >= 15 is 0 Å². The minimum absolute atomic E-state index is 0.162. The maximum Gasteiger partial charge on any atom is 0.173 e. The second-order valence-electron chi connectivity index (χ2n) is 6.82. The van der Waals surface area contributed by atoms with Gasteiger partial charge in [0.1, 0.15) is 17.2 Å². The average Bonchev–Trinajstić information content (AvgIpc) is 3.12. The van der Waals surface area contributed by atoms with Crippen LogP contribution < -0.4 is 4.74 Å². The van der Waals surface area contributed by atoms with Gasteiger partial charge in [-0.1, -0.05) is 52.7 Å². The van der Waals surface area contributed by atoms with Crippen LogP contribution in [0.3, 0.4) is 0 Å². The predicted octanol–water partition coefficient (Wildman–Crippen LogP) is 5.91. The molecule has 0 unspecified atom stereocenters. The van der Waals surface area contributed by atoms with Crippen LogP contribution >= 0.6 is 0 Å². The molecule has 0 bridgehead atoms. The fourth-order valence-electron chi connectivity index (χ4n) is 3.35. The van der Waals surface area contributed by atoms with E-state index in [1.54, 1.807) is 0 Å². The van der Waals surface area contributed by atoms with Gasteiger partial charge in [0.25, 0.3) is 0 Å². The van der Waals surface area contributed by atoms with E-state index in [9.17, 15) is 5.11 Å². The molecule has 0 saturated heterocycles. The van der Waals surface area contributed by atoms with E-state index in [1.165, 1.54) is 0 Å². The zero-order valence-corrected chi connectivity index (χ0v) is 15.8. The summed E-state index contributed by atoms with van der Waals surface area (Å²) in [5, 5.41) is 14.3. The van der Waals surface area contributed by atoms with Crippen molar-refractivity contribution in [2.75, 3.05) is 0 Å². The van der Waals surface area contributed by atoms with Crippen molar-refractivity contribution < 1.29 is 14.4 Å². The van der Waals surface area contributed by atoms with E-state index in [0.29, 0.717) is 22.8 Å². The topological polar surface area (TPSA) is 55.5 Å². The summed E-state index contributed by atoms with van der Waals surface area (Å²) in [5.41, 5.74) is 5.30. The maximum atomic E-state index is 10.0. The highest BCUT2D eigenvalue weighted by Gasteiger charge is 2.19. The standard InChI is InChI=1S/C24H21NO3/c1-16-11-17(2)13-19(12-16)24-22(15-26)23(25-28-24)18-7-6-10-21(14-18)27-20-8-4-3-5-9-20/h3-14,26H,15H2,1-2H3. The largest absolute Gasteiger partial charge is 0.457 e. The fourth-order valence-corrected chi connectivity index (χ4v) is 3.35. The Morgan fingerprint density at radius 2 is 1.54 bits per heavy atom. The van der Waals surface area contributed by atoms with Gasteiger partial charge in [-0.15, -0.1) is 0 Å². The van der Waals surface area contributed by atoms with Gasteiger partial charge in [0.05, 0.1) is 12.2 Å². The Hall–Kier alpha value is -3.37. The van der Waals surface area contributed by atoms with Gasteiger partial charge in [0.15, 0.2) is 5.76 Å². The van der Waals surface area contributed by atoms with Gasteiger partial charge in [0, 0.05) is 11.1 Å². The summed E-state index contributed by atoms with van der Waals surface area (Å²) in [7, 11) is 0. The summed E-state index contributed by atoms with van der Waals surface area (Å²) < 4.78 is 11.6. The third-order valence-electron chi connectivity index (χ3n) is 4.52. The smallest absolute Gasteiger partial charge is 0.173 e. The number of hydrogen-bond donors (Lipinski definition) is 1. The van der Waals surface area contributed by atoms with E-state index in [1.807, 2.05) is 80.6 Å². The van der Waals surface area contributed by atoms with Crippen LogP contribution in [-0.2, 0) is 6.61 Å². The minimum atomic E-state index is -0.162. The molecule has 4 rings (SSSR count). The molecule has 0 saturated carbocycles. The lowest BCUT2D eigenvalue weighted by Gasteiger charge is -2.07. The molecule has 1 aromatic heterocycles. The molecule has 140 valence electrons. The fraction of sp³-hybridized carbons (Fsp3) is 0.125. The summed E-state index contributed by atoms with van der Waals surface area (Å²) in [4.78, 5) is 0. The number of para-hydroxylation sites is 1. The highest BCUT2D eigenvalue weighted by Crippen LogP contribution is 2.35. The second kappa shape index (κ2) is 7.71. The van der Waals surface area contributed by atoms with Crippen LogP contribution in [0.2, 0.25) is 0 Å². The van der Waals surface area contributed by atoms with Crippen molar-refractivity contribution in [3.63, 3.8) is 0 Å². The van der Waals surface area contributed by atoms with Crippen LogP contribution in [0.1, 0.15) is 16.7 Å². The molecule has 0 aliphatic rings. The average molecular weight is 371 g/mol. The number of aromatic nitrogens is 1. The number of benzene rings is 3. The van der Waals surface area contributed by atoms with Crippen LogP contribution in [0.5, 0.6) is 11.5 Å². The van der Waals surface area contributed by atoms with E-state index in [0.717, 1.165) is 28.0 Å². The van der Waals surface area contributed by atoms with Gasteiger partial charge >= 0.3 is 0 Å². The summed E-state index contributed by atoms with van der Waals surface area (Å²) in [6, 6.07) is 23.4. The zero-order chi connectivity index (χ0) is 19.5. The summed E-state index contributed by atoms with van der Waals surface area (Å²) in [6.07, 6.45) is 0. The zero-order valence-electron chi connectivity index (χ0n) is 15.8. The van der Waals surface area contributed by atoms with Crippen molar-refractivity contribution >= 4 is 0 Å². The van der Waals surface area contributed by atoms with Crippen molar-refractivity contribution in [3.8, 4) is 34.1 Å². The Morgan fingerprint density at radius 3 is 2.25 bits per heavy atom. The van der Waals surface area contributed by atoms with Gasteiger partial charge in [0.2, 0.25) is 0 Å². The van der Waals surface area contributed by atoms with E-state index in [-0.39, 0.29) is 6.61 Å². The number of nitrogens with zero attached hydrogens (tertiary/aromatic N) is 1. The number of aliphatic hydroxyl groups excluding tert-OH is 1. The third-order valence-corrected chi connectivity index (χ3v) is 4.52. The Labute approximate surface area is 164 Å². The van der Waals surface area contributed by atoms with Crippen LogP contribution in [0.15, 0.2) is 77.3 Å². The van der Waals surface area contributed by atoms with Crippen molar-refractivity contribution in [2.45, 2.75) is 20.5 Å². The Morgan fingerprint density at radius 1 is 0.821 bits per heavy atom. The van der Waals surface area contributed by atoms with Gasteiger partial charge in [-0.2, -0.15) is 0 Å². The normalized spacial score (nSPS) is 10.8. The number of ether oxygens (including phenoxy) is 1. The first kappa shape index (κ1) is 18.0. The van der Waals surface area contributed by atoms with Gasteiger partial charge < -0.3 is 14.4 Å². The highest BCUT2D eigenvalue weighted by molar-refractivity contribution is 5.73. The van der Waals surface area contributed by atoms with Crippen molar-refractivity contribution in [2.24, 2.45) is 0 Å². The quantitative estimate of drug-likeness (QED) is 0.474. The molecule has 0 fully saturated rings. The summed E-state index contributed by atoms with van der Waals surface area (Å²) in [6.45, 7) is 3.92. The van der Waals surface area contributed by atoms with Gasteiger partial charge in [-0.25, -0.2) is 0 Å². The van der Waals surface area contributed by atoms with Crippen LogP contribution in [0.25, 0.3) is 22.6 Å². The third kappa shape index (κ3) is 3.68. The summed E-state index contributed by atoms with van der Waals surface area (Å²) >= 11 is 0.